The highest BCUT2D eigenvalue weighted by atomic mass is 16.5. The minimum Gasteiger partial charge on any atom is -0.377 e. The zero-order valence-corrected chi connectivity index (χ0v) is 11.3. The van der Waals surface area contributed by atoms with Crippen molar-refractivity contribution in [2.24, 2.45) is 0 Å². The van der Waals surface area contributed by atoms with Crippen LogP contribution in [0, 0.1) is 0 Å². The Balaban J connectivity index is 3.60. The molecule has 0 aliphatic heterocycles. The quantitative estimate of drug-likeness (QED) is 0.352. The maximum absolute atomic E-state index is 5.63. The fourth-order valence-electron chi connectivity index (χ4n) is 1.44. The van der Waals surface area contributed by atoms with Gasteiger partial charge in [-0.2, -0.15) is 0 Å². The van der Waals surface area contributed by atoms with E-state index in [-0.39, 0.29) is 6.10 Å². The molecule has 0 aromatic carbocycles. The highest BCUT2D eigenvalue weighted by molar-refractivity contribution is 4.69. The highest BCUT2D eigenvalue weighted by Gasteiger charge is 2.08. The van der Waals surface area contributed by atoms with Crippen LogP contribution < -0.4 is 0 Å². The van der Waals surface area contributed by atoms with Gasteiger partial charge in [-0.15, -0.1) is 19.7 Å². The summed E-state index contributed by atoms with van der Waals surface area (Å²) in [6.45, 7) is 14.0. The third-order valence-corrected chi connectivity index (χ3v) is 2.29. The standard InChI is InChI=1S/C15H26O3/c1-4-10-16-13-8-7-9-15(18-12-6-3)14-17-11-5-2/h4-6,15H,1-3,7-14H2. The Morgan fingerprint density at radius 1 is 0.833 bits per heavy atom. The van der Waals surface area contributed by atoms with Crippen LogP contribution in [-0.2, 0) is 14.2 Å². The van der Waals surface area contributed by atoms with Crippen molar-refractivity contribution < 1.29 is 14.2 Å². The number of unbranched alkanes of at least 4 members (excludes halogenated alkanes) is 1. The molecule has 0 aliphatic carbocycles. The van der Waals surface area contributed by atoms with Crippen LogP contribution in [0.3, 0.4) is 0 Å². The van der Waals surface area contributed by atoms with E-state index in [0.29, 0.717) is 26.4 Å². The SMILES string of the molecule is C=CCOCCCCC(COCC=C)OCC=C. The third kappa shape index (κ3) is 11.6. The summed E-state index contributed by atoms with van der Waals surface area (Å²) < 4.78 is 16.4. The van der Waals surface area contributed by atoms with Gasteiger partial charge >= 0.3 is 0 Å². The van der Waals surface area contributed by atoms with Crippen LogP contribution >= 0.6 is 0 Å². The minimum absolute atomic E-state index is 0.127. The topological polar surface area (TPSA) is 27.7 Å². The van der Waals surface area contributed by atoms with E-state index < -0.39 is 0 Å². The highest BCUT2D eigenvalue weighted by Crippen LogP contribution is 2.06. The van der Waals surface area contributed by atoms with E-state index in [1.807, 2.05) is 0 Å². The Kier molecular flexibility index (Phi) is 13.5. The van der Waals surface area contributed by atoms with Gasteiger partial charge in [0.2, 0.25) is 0 Å². The molecule has 0 aromatic rings. The third-order valence-electron chi connectivity index (χ3n) is 2.29. The fourth-order valence-corrected chi connectivity index (χ4v) is 1.44. The van der Waals surface area contributed by atoms with Crippen molar-refractivity contribution in [1.82, 2.24) is 0 Å². The first-order valence-corrected chi connectivity index (χ1v) is 6.45. The number of rotatable bonds is 14. The maximum atomic E-state index is 5.63. The van der Waals surface area contributed by atoms with E-state index in [1.54, 1.807) is 18.2 Å². The van der Waals surface area contributed by atoms with Crippen molar-refractivity contribution in [1.29, 1.82) is 0 Å². The largest absolute Gasteiger partial charge is 0.377 e. The van der Waals surface area contributed by atoms with Crippen LogP contribution in [0.25, 0.3) is 0 Å². The second-order valence-corrected chi connectivity index (χ2v) is 3.93. The summed E-state index contributed by atoms with van der Waals surface area (Å²) in [6, 6.07) is 0. The van der Waals surface area contributed by atoms with E-state index in [9.17, 15) is 0 Å². The van der Waals surface area contributed by atoms with Gasteiger partial charge < -0.3 is 14.2 Å². The van der Waals surface area contributed by atoms with Crippen molar-refractivity contribution in [2.75, 3.05) is 33.0 Å². The summed E-state index contributed by atoms with van der Waals surface area (Å²) in [7, 11) is 0. The molecule has 3 heteroatoms. The van der Waals surface area contributed by atoms with Gasteiger partial charge in [-0.3, -0.25) is 0 Å². The van der Waals surface area contributed by atoms with Crippen LogP contribution in [0.1, 0.15) is 19.3 Å². The molecular weight excluding hydrogens is 228 g/mol. The van der Waals surface area contributed by atoms with Crippen LogP contribution in [-0.4, -0.2) is 39.1 Å². The van der Waals surface area contributed by atoms with Gasteiger partial charge in [-0.05, 0) is 19.3 Å². The van der Waals surface area contributed by atoms with Crippen molar-refractivity contribution in [3.8, 4) is 0 Å². The normalized spacial score (nSPS) is 12.0. The van der Waals surface area contributed by atoms with Gasteiger partial charge in [0.05, 0.1) is 32.5 Å². The minimum atomic E-state index is 0.127. The molecule has 104 valence electrons. The monoisotopic (exact) mass is 254 g/mol. The smallest absolute Gasteiger partial charge is 0.0812 e. The molecule has 0 bridgehead atoms. The molecular formula is C15H26O3. The van der Waals surface area contributed by atoms with Crippen molar-refractivity contribution in [3.63, 3.8) is 0 Å². The van der Waals surface area contributed by atoms with E-state index >= 15 is 0 Å². The Hall–Kier alpha value is -0.900. The van der Waals surface area contributed by atoms with E-state index in [1.165, 1.54) is 0 Å². The Labute approximate surface area is 111 Å². The van der Waals surface area contributed by atoms with Gasteiger partial charge in [-0.25, -0.2) is 0 Å². The van der Waals surface area contributed by atoms with E-state index in [0.717, 1.165) is 25.9 Å². The summed E-state index contributed by atoms with van der Waals surface area (Å²) in [5.74, 6) is 0. The second-order valence-electron chi connectivity index (χ2n) is 3.93. The summed E-state index contributed by atoms with van der Waals surface area (Å²) in [6.07, 6.45) is 8.46. The summed E-state index contributed by atoms with van der Waals surface area (Å²) in [4.78, 5) is 0. The maximum Gasteiger partial charge on any atom is 0.0812 e. The molecule has 0 aliphatic rings. The molecule has 3 nitrogen and oxygen atoms in total. The first-order chi connectivity index (χ1) is 8.85. The average Bonchev–Trinajstić information content (AvgIpc) is 2.39. The predicted octanol–water partition coefficient (Wildman–Crippen LogP) is 3.13. The number of hydrogen-bond donors (Lipinski definition) is 0. The molecule has 0 saturated carbocycles. The summed E-state index contributed by atoms with van der Waals surface area (Å²) in [5, 5.41) is 0. The molecule has 0 heterocycles. The lowest BCUT2D eigenvalue weighted by Crippen LogP contribution is -2.20. The van der Waals surface area contributed by atoms with Gasteiger partial charge in [0, 0.05) is 6.61 Å². The van der Waals surface area contributed by atoms with Gasteiger partial charge in [0.25, 0.3) is 0 Å². The van der Waals surface area contributed by atoms with Gasteiger partial charge in [-0.1, -0.05) is 18.2 Å². The Bertz CT molecular complexity index is 214. The lowest BCUT2D eigenvalue weighted by atomic mass is 10.1. The lowest BCUT2D eigenvalue weighted by Gasteiger charge is -2.16. The molecule has 0 N–H and O–H groups in total. The molecule has 1 atom stereocenters. The molecule has 18 heavy (non-hydrogen) atoms. The first-order valence-electron chi connectivity index (χ1n) is 6.45. The Morgan fingerprint density at radius 3 is 2.17 bits per heavy atom. The van der Waals surface area contributed by atoms with Crippen LogP contribution in [0.15, 0.2) is 38.0 Å². The molecule has 0 fully saturated rings. The number of ether oxygens (including phenoxy) is 3. The van der Waals surface area contributed by atoms with Crippen LogP contribution in [0.5, 0.6) is 0 Å². The van der Waals surface area contributed by atoms with Crippen molar-refractivity contribution >= 4 is 0 Å². The van der Waals surface area contributed by atoms with Crippen molar-refractivity contribution in [2.45, 2.75) is 25.4 Å². The lowest BCUT2D eigenvalue weighted by molar-refractivity contribution is -0.00430. The van der Waals surface area contributed by atoms with Crippen LogP contribution in [0.2, 0.25) is 0 Å². The summed E-state index contributed by atoms with van der Waals surface area (Å²) in [5.41, 5.74) is 0. The zero-order valence-electron chi connectivity index (χ0n) is 11.3. The van der Waals surface area contributed by atoms with Gasteiger partial charge in [0.15, 0.2) is 0 Å². The van der Waals surface area contributed by atoms with Gasteiger partial charge in [0.1, 0.15) is 0 Å². The fraction of sp³-hybridized carbons (Fsp3) is 0.600. The molecule has 0 radical (unpaired) electrons. The number of hydrogen-bond acceptors (Lipinski definition) is 3. The second kappa shape index (κ2) is 14.2. The first kappa shape index (κ1) is 17.1. The molecule has 0 spiro atoms. The zero-order chi connectivity index (χ0) is 13.5. The molecule has 0 amide bonds. The van der Waals surface area contributed by atoms with Crippen LogP contribution in [0.4, 0.5) is 0 Å². The average molecular weight is 254 g/mol. The predicted molar refractivity (Wildman–Crippen MR) is 75.8 cm³/mol. The van der Waals surface area contributed by atoms with Crippen molar-refractivity contribution in [3.05, 3.63) is 38.0 Å². The molecule has 0 rings (SSSR count). The van der Waals surface area contributed by atoms with E-state index in [2.05, 4.69) is 19.7 Å². The summed E-state index contributed by atoms with van der Waals surface area (Å²) >= 11 is 0. The van der Waals surface area contributed by atoms with E-state index in [4.69, 9.17) is 14.2 Å². The Morgan fingerprint density at radius 2 is 1.50 bits per heavy atom. The molecule has 0 aromatic heterocycles. The molecule has 0 saturated heterocycles. The molecule has 1 unspecified atom stereocenters.